The van der Waals surface area contributed by atoms with E-state index < -0.39 is 0 Å². The summed E-state index contributed by atoms with van der Waals surface area (Å²) >= 11 is 9.44. The number of nitrogens with zero attached hydrogens (tertiary/aromatic N) is 1. The minimum atomic E-state index is -0.165. The Morgan fingerprint density at radius 3 is 2.90 bits per heavy atom. The molecule has 1 N–H and O–H groups in total. The maximum atomic E-state index is 13.9. The Labute approximate surface area is 130 Å². The van der Waals surface area contributed by atoms with Gasteiger partial charge in [-0.2, -0.15) is 0 Å². The topological polar surface area (TPSA) is 24.9 Å². The summed E-state index contributed by atoms with van der Waals surface area (Å²) in [7, 11) is 0. The molecule has 20 heavy (non-hydrogen) atoms. The molecule has 5 heteroatoms. The highest BCUT2D eigenvalue weighted by Crippen LogP contribution is 2.29. The quantitative estimate of drug-likeness (QED) is 0.691. The summed E-state index contributed by atoms with van der Waals surface area (Å²) in [4.78, 5) is 4.34. The summed E-state index contributed by atoms with van der Waals surface area (Å²) in [6.07, 6.45) is 2.72. The molecule has 0 aliphatic carbocycles. The zero-order valence-electron chi connectivity index (χ0n) is 10.7. The first kappa shape index (κ1) is 13.8. The third-order valence-electron chi connectivity index (χ3n) is 3.55. The van der Waals surface area contributed by atoms with Gasteiger partial charge in [0.05, 0.1) is 4.47 Å². The van der Waals surface area contributed by atoms with Crippen LogP contribution in [0.3, 0.4) is 0 Å². The van der Waals surface area contributed by atoms with Crippen LogP contribution in [0.5, 0.6) is 0 Å². The molecule has 0 radical (unpaired) electrons. The van der Waals surface area contributed by atoms with Crippen LogP contribution in [0, 0.1) is 5.82 Å². The van der Waals surface area contributed by atoms with E-state index in [1.807, 2.05) is 12.1 Å². The van der Waals surface area contributed by atoms with Gasteiger partial charge in [-0.25, -0.2) is 9.37 Å². The van der Waals surface area contributed by atoms with Crippen molar-refractivity contribution >= 4 is 33.3 Å². The Bertz CT molecular complexity index is 661. The van der Waals surface area contributed by atoms with E-state index in [-0.39, 0.29) is 5.82 Å². The van der Waals surface area contributed by atoms with Gasteiger partial charge in [-0.05, 0) is 58.5 Å². The first-order valence-corrected chi connectivity index (χ1v) is 7.67. The molecule has 0 saturated heterocycles. The van der Waals surface area contributed by atoms with Gasteiger partial charge in [-0.1, -0.05) is 23.7 Å². The molecule has 0 bridgehead atoms. The highest BCUT2D eigenvalue weighted by atomic mass is 79.9. The molecule has 2 heterocycles. The van der Waals surface area contributed by atoms with Gasteiger partial charge in [-0.15, -0.1) is 0 Å². The van der Waals surface area contributed by atoms with Crippen molar-refractivity contribution < 1.29 is 4.39 Å². The van der Waals surface area contributed by atoms with E-state index in [2.05, 4.69) is 26.2 Å². The average molecular weight is 356 g/mol. The number of benzene rings is 1. The zero-order chi connectivity index (χ0) is 14.1. The Balaban J connectivity index is 2.00. The van der Waals surface area contributed by atoms with E-state index >= 15 is 0 Å². The van der Waals surface area contributed by atoms with Crippen molar-refractivity contribution in [2.45, 2.75) is 25.8 Å². The third-order valence-corrected chi connectivity index (χ3v) is 4.67. The SMILES string of the molecule is Fc1cccc2c1CNc1nc(Cl)c(Br)cc1CCC2. The average Bonchev–Trinajstić information content (AvgIpc) is 2.50. The number of rotatable bonds is 0. The van der Waals surface area contributed by atoms with Gasteiger partial charge in [0.1, 0.15) is 16.8 Å². The number of hydrogen-bond donors (Lipinski definition) is 1. The first-order chi connectivity index (χ1) is 9.65. The monoisotopic (exact) mass is 354 g/mol. The molecule has 0 atom stereocenters. The largest absolute Gasteiger partial charge is 0.366 e. The molecule has 0 unspecified atom stereocenters. The molecule has 104 valence electrons. The van der Waals surface area contributed by atoms with Crippen molar-refractivity contribution in [3.05, 3.63) is 56.4 Å². The second-order valence-electron chi connectivity index (χ2n) is 4.85. The normalized spacial score (nSPS) is 14.3. The molecule has 1 aromatic carbocycles. The fourth-order valence-electron chi connectivity index (χ4n) is 2.52. The smallest absolute Gasteiger partial charge is 0.145 e. The lowest BCUT2D eigenvalue weighted by atomic mass is 10.0. The number of aryl methyl sites for hydroxylation is 2. The molecule has 0 spiro atoms. The number of fused-ring (bicyclic) bond motifs is 2. The second-order valence-corrected chi connectivity index (χ2v) is 6.07. The highest BCUT2D eigenvalue weighted by Gasteiger charge is 2.15. The lowest BCUT2D eigenvalue weighted by Gasteiger charge is -2.12. The molecule has 3 rings (SSSR count). The molecule has 0 saturated carbocycles. The third kappa shape index (κ3) is 2.67. The van der Waals surface area contributed by atoms with Gasteiger partial charge in [-0.3, -0.25) is 0 Å². The van der Waals surface area contributed by atoms with E-state index in [0.717, 1.165) is 46.2 Å². The van der Waals surface area contributed by atoms with Crippen molar-refractivity contribution in [2.75, 3.05) is 5.32 Å². The van der Waals surface area contributed by atoms with Gasteiger partial charge in [0.2, 0.25) is 0 Å². The minimum absolute atomic E-state index is 0.165. The molecule has 2 nitrogen and oxygen atoms in total. The zero-order valence-corrected chi connectivity index (χ0v) is 13.1. The maximum Gasteiger partial charge on any atom is 0.145 e. The predicted molar refractivity (Wildman–Crippen MR) is 82.7 cm³/mol. The lowest BCUT2D eigenvalue weighted by molar-refractivity contribution is 0.608. The molecular formula is C15H13BrClFN2. The predicted octanol–water partition coefficient (Wildman–Crippen LogP) is 4.74. The fourth-order valence-corrected chi connectivity index (χ4v) is 3.03. The van der Waals surface area contributed by atoms with E-state index in [4.69, 9.17) is 11.6 Å². The standard InChI is InChI=1S/C15H13BrClFN2/c16-12-7-10-5-1-3-9-4-2-6-13(18)11(9)8-19-15(10)20-14(12)17/h2,4,6-7H,1,3,5,8H2,(H,19,20). The fraction of sp³-hybridized carbons (Fsp3) is 0.267. The van der Waals surface area contributed by atoms with E-state index in [1.165, 1.54) is 6.07 Å². The summed E-state index contributed by atoms with van der Waals surface area (Å²) in [6.45, 7) is 0.431. The van der Waals surface area contributed by atoms with E-state index in [9.17, 15) is 4.39 Å². The van der Waals surface area contributed by atoms with Crippen LogP contribution in [0.15, 0.2) is 28.7 Å². The van der Waals surface area contributed by atoms with Crippen molar-refractivity contribution in [2.24, 2.45) is 0 Å². The number of anilines is 1. The number of hydrogen-bond acceptors (Lipinski definition) is 2. The Kier molecular flexibility index (Phi) is 3.94. The van der Waals surface area contributed by atoms with Gasteiger partial charge in [0.15, 0.2) is 0 Å². The van der Waals surface area contributed by atoms with Gasteiger partial charge < -0.3 is 5.32 Å². The summed E-state index contributed by atoms with van der Waals surface area (Å²) in [5.41, 5.74) is 2.89. The molecular weight excluding hydrogens is 343 g/mol. The summed E-state index contributed by atoms with van der Waals surface area (Å²) in [5, 5.41) is 3.63. The van der Waals surface area contributed by atoms with E-state index in [1.54, 1.807) is 6.07 Å². The van der Waals surface area contributed by atoms with Crippen LogP contribution in [0.1, 0.15) is 23.1 Å². The summed E-state index contributed by atoms with van der Waals surface area (Å²) in [5.74, 6) is 0.580. The van der Waals surface area contributed by atoms with Crippen LogP contribution in [0.25, 0.3) is 0 Å². The van der Waals surface area contributed by atoms with Crippen LogP contribution >= 0.6 is 27.5 Å². The van der Waals surface area contributed by atoms with Crippen LogP contribution < -0.4 is 5.32 Å². The first-order valence-electron chi connectivity index (χ1n) is 6.50. The second kappa shape index (κ2) is 5.70. The van der Waals surface area contributed by atoms with Crippen LogP contribution in [-0.2, 0) is 19.4 Å². The molecule has 0 amide bonds. The van der Waals surface area contributed by atoms with Gasteiger partial charge >= 0.3 is 0 Å². The van der Waals surface area contributed by atoms with Gasteiger partial charge in [0, 0.05) is 12.1 Å². The van der Waals surface area contributed by atoms with Crippen molar-refractivity contribution in [3.63, 3.8) is 0 Å². The van der Waals surface area contributed by atoms with Gasteiger partial charge in [0.25, 0.3) is 0 Å². The Morgan fingerprint density at radius 2 is 2.05 bits per heavy atom. The molecule has 1 aliphatic rings. The summed E-state index contributed by atoms with van der Waals surface area (Å²) < 4.78 is 14.7. The lowest BCUT2D eigenvalue weighted by Crippen LogP contribution is -2.07. The van der Waals surface area contributed by atoms with Crippen LogP contribution in [0.4, 0.5) is 10.2 Å². The molecule has 0 fully saturated rings. The minimum Gasteiger partial charge on any atom is -0.366 e. The highest BCUT2D eigenvalue weighted by molar-refractivity contribution is 9.10. The number of nitrogens with one attached hydrogen (secondary N) is 1. The van der Waals surface area contributed by atoms with Crippen LogP contribution in [0.2, 0.25) is 5.15 Å². The number of pyridine rings is 1. The summed E-state index contributed by atoms with van der Waals surface area (Å²) in [6, 6.07) is 7.25. The number of aromatic nitrogens is 1. The van der Waals surface area contributed by atoms with E-state index in [0.29, 0.717) is 11.7 Å². The molecule has 1 aliphatic heterocycles. The molecule has 2 aromatic rings. The van der Waals surface area contributed by atoms with Crippen molar-refractivity contribution in [1.29, 1.82) is 0 Å². The van der Waals surface area contributed by atoms with Crippen LogP contribution in [-0.4, -0.2) is 4.98 Å². The maximum absolute atomic E-state index is 13.9. The molecule has 1 aromatic heterocycles. The Hall–Kier alpha value is -1.13. The Morgan fingerprint density at radius 1 is 1.25 bits per heavy atom. The van der Waals surface area contributed by atoms with Crippen molar-refractivity contribution in [1.82, 2.24) is 4.98 Å². The van der Waals surface area contributed by atoms with Crippen molar-refractivity contribution in [3.8, 4) is 0 Å². The number of halogens is 3.